The number of carbonyl (C=O) groups is 1. The number of aromatic amines is 1. The van der Waals surface area contributed by atoms with Crippen LogP contribution in [0, 0.1) is 0 Å². The van der Waals surface area contributed by atoms with E-state index in [9.17, 15) is 4.79 Å². The number of methoxy groups -OCH3 is 1. The van der Waals surface area contributed by atoms with Crippen LogP contribution in [0.1, 0.15) is 43.7 Å². The summed E-state index contributed by atoms with van der Waals surface area (Å²) in [6.07, 6.45) is 8.61. The highest BCUT2D eigenvalue weighted by atomic mass is 35.5. The van der Waals surface area contributed by atoms with E-state index in [4.69, 9.17) is 21.3 Å². The number of carbonyl (C=O) groups excluding carboxylic acids is 1. The second-order valence-electron chi connectivity index (χ2n) is 11.3. The number of rotatable bonds is 13. The van der Waals surface area contributed by atoms with Gasteiger partial charge in [-0.15, -0.1) is 21.5 Å². The maximum absolute atomic E-state index is 13.4. The van der Waals surface area contributed by atoms with E-state index in [2.05, 4.69) is 58.7 Å². The van der Waals surface area contributed by atoms with Crippen LogP contribution >= 0.6 is 22.9 Å². The number of amides is 1. The predicted octanol–water partition coefficient (Wildman–Crippen LogP) is 5.96. The lowest BCUT2D eigenvalue weighted by Crippen LogP contribution is -2.23. The average molecular weight is 678 g/mol. The molecule has 11 nitrogen and oxygen atoms in total. The van der Waals surface area contributed by atoms with Gasteiger partial charge in [-0.05, 0) is 72.9 Å². The largest absolute Gasteiger partial charge is 0.497 e. The Balaban J connectivity index is 1.26. The number of aryl methyl sites for hydroxylation is 5. The molecule has 0 saturated carbocycles. The van der Waals surface area contributed by atoms with Crippen LogP contribution in [0.5, 0.6) is 5.75 Å². The fourth-order valence-electron chi connectivity index (χ4n) is 5.97. The predicted molar refractivity (Wildman–Crippen MR) is 185 cm³/mol. The van der Waals surface area contributed by atoms with Crippen molar-refractivity contribution in [3.05, 3.63) is 123 Å². The normalized spacial score (nSPS) is 11.4. The number of H-pyrrole nitrogens is 1. The Morgan fingerprint density at radius 3 is 2.69 bits per heavy atom. The van der Waals surface area contributed by atoms with Gasteiger partial charge in [0.05, 0.1) is 40.8 Å². The van der Waals surface area contributed by atoms with Gasteiger partial charge in [-0.2, -0.15) is 5.21 Å². The van der Waals surface area contributed by atoms with Gasteiger partial charge in [-0.1, -0.05) is 28.9 Å². The molecule has 13 heteroatoms. The molecule has 0 aliphatic rings. The molecule has 0 aliphatic heterocycles. The van der Waals surface area contributed by atoms with Gasteiger partial charge in [-0.25, -0.2) is 4.98 Å². The molecule has 7 rings (SSSR count). The van der Waals surface area contributed by atoms with Crippen LogP contribution < -0.4 is 10.1 Å². The zero-order chi connectivity index (χ0) is 32.9. The Labute approximate surface area is 285 Å². The third-order valence-corrected chi connectivity index (χ3v) is 9.68. The number of halogens is 1. The summed E-state index contributed by atoms with van der Waals surface area (Å²) in [7, 11) is 1.67. The lowest BCUT2D eigenvalue weighted by atomic mass is 9.99. The molecular weight excluding hydrogens is 646 g/mol. The number of fused-ring (bicyclic) bond motifs is 2. The lowest BCUT2D eigenvalue weighted by molar-refractivity contribution is 0.0950. The number of tetrazole rings is 1. The Morgan fingerprint density at radius 2 is 1.90 bits per heavy atom. The van der Waals surface area contributed by atoms with Crippen molar-refractivity contribution >= 4 is 50.0 Å². The molecule has 0 fully saturated rings. The highest BCUT2D eigenvalue weighted by molar-refractivity contribution is 7.18. The highest BCUT2D eigenvalue weighted by Gasteiger charge is 2.20. The molecule has 1 amide bonds. The van der Waals surface area contributed by atoms with Gasteiger partial charge in [-0.3, -0.25) is 14.8 Å². The summed E-state index contributed by atoms with van der Waals surface area (Å²) >= 11 is 7.90. The average Bonchev–Trinajstić information content (AvgIpc) is 3.86. The first-order chi connectivity index (χ1) is 23.5. The van der Waals surface area contributed by atoms with E-state index in [0.29, 0.717) is 41.6 Å². The summed E-state index contributed by atoms with van der Waals surface area (Å²) in [5.41, 5.74) is 6.87. The molecule has 7 aromatic rings. The third kappa shape index (κ3) is 7.04. The molecule has 242 valence electrons. The molecule has 2 N–H and O–H groups in total. The number of benzene rings is 3. The van der Waals surface area contributed by atoms with Gasteiger partial charge in [0.15, 0.2) is 5.82 Å². The van der Waals surface area contributed by atoms with E-state index < -0.39 is 0 Å². The molecule has 3 aromatic carbocycles. The van der Waals surface area contributed by atoms with E-state index >= 15 is 0 Å². The molecule has 0 radical (unpaired) electrons. The van der Waals surface area contributed by atoms with Crippen molar-refractivity contribution in [3.63, 3.8) is 0 Å². The van der Waals surface area contributed by atoms with Crippen molar-refractivity contribution in [3.8, 4) is 5.75 Å². The third-order valence-electron chi connectivity index (χ3n) is 8.34. The molecule has 0 spiro atoms. The number of nitrogens with one attached hydrogen (secondary N) is 2. The van der Waals surface area contributed by atoms with Crippen LogP contribution in [0.3, 0.4) is 0 Å². The van der Waals surface area contributed by atoms with Gasteiger partial charge >= 0.3 is 0 Å². The fraction of sp³-hybridized carbons (Fsp3) is 0.229. The zero-order valence-corrected chi connectivity index (χ0v) is 27.8. The van der Waals surface area contributed by atoms with Gasteiger partial charge in [0.2, 0.25) is 0 Å². The maximum Gasteiger partial charge on any atom is 0.251 e. The van der Waals surface area contributed by atoms with Crippen LogP contribution in [0.2, 0.25) is 5.02 Å². The van der Waals surface area contributed by atoms with E-state index in [1.165, 1.54) is 16.8 Å². The van der Waals surface area contributed by atoms with Crippen LogP contribution in [0.25, 0.3) is 21.1 Å². The van der Waals surface area contributed by atoms with Crippen molar-refractivity contribution in [1.29, 1.82) is 0 Å². The minimum atomic E-state index is -0.169. The summed E-state index contributed by atoms with van der Waals surface area (Å²) < 4.78 is 8.90. The zero-order valence-electron chi connectivity index (χ0n) is 26.2. The summed E-state index contributed by atoms with van der Waals surface area (Å²) in [5.74, 6) is 1.27. The molecule has 0 saturated heterocycles. The second kappa shape index (κ2) is 14.3. The number of thiazole rings is 1. The first kappa shape index (κ1) is 31.4. The highest BCUT2D eigenvalue weighted by Crippen LogP contribution is 2.32. The molecule has 4 heterocycles. The Hall–Kier alpha value is -5.20. The van der Waals surface area contributed by atoms with E-state index in [0.717, 1.165) is 57.6 Å². The van der Waals surface area contributed by atoms with Crippen LogP contribution in [-0.2, 0) is 45.2 Å². The van der Waals surface area contributed by atoms with Crippen molar-refractivity contribution in [2.75, 3.05) is 7.11 Å². The van der Waals surface area contributed by atoms with Crippen molar-refractivity contribution in [1.82, 2.24) is 45.5 Å². The van der Waals surface area contributed by atoms with E-state index in [-0.39, 0.29) is 5.91 Å². The summed E-state index contributed by atoms with van der Waals surface area (Å²) in [4.78, 5) is 26.7. The number of ether oxygens (including phenoxy) is 1. The first-order valence-corrected chi connectivity index (χ1v) is 16.8. The molecule has 4 aromatic heterocycles. The van der Waals surface area contributed by atoms with Crippen LogP contribution in [0.15, 0.2) is 79.3 Å². The van der Waals surface area contributed by atoms with Gasteiger partial charge in [0, 0.05) is 65.0 Å². The summed E-state index contributed by atoms with van der Waals surface area (Å²) in [6.45, 7) is 0.945. The number of aromatic nitrogens is 8. The Bertz CT molecular complexity index is 2160. The summed E-state index contributed by atoms with van der Waals surface area (Å²) in [5, 5.41) is 20.5. The molecule has 0 bridgehead atoms. The van der Waals surface area contributed by atoms with E-state index in [1.54, 1.807) is 37.0 Å². The number of nitrogens with zero attached hydrogens (tertiary/aromatic N) is 7. The van der Waals surface area contributed by atoms with Gasteiger partial charge in [0.25, 0.3) is 5.91 Å². The Kier molecular flexibility index (Phi) is 9.34. The quantitative estimate of drug-likeness (QED) is 0.153. The molecule has 0 unspecified atom stereocenters. The number of hydrogen-bond donors (Lipinski definition) is 2. The Morgan fingerprint density at radius 1 is 1.00 bits per heavy atom. The van der Waals surface area contributed by atoms with Gasteiger partial charge < -0.3 is 14.6 Å². The molecule has 48 heavy (non-hydrogen) atoms. The first-order valence-electron chi connectivity index (χ1n) is 15.6. The van der Waals surface area contributed by atoms with Crippen molar-refractivity contribution < 1.29 is 9.53 Å². The molecule has 0 atom stereocenters. The van der Waals surface area contributed by atoms with Crippen molar-refractivity contribution in [2.24, 2.45) is 0 Å². The standard InChI is InChI=1S/C35H32ClN9O2S/c1-47-26-8-12-32-29(19-26)40-34(48-32)13-11-30-27(9-4-22-2-6-24(36)7-3-22)28-18-23(35(46)39-21-25-20-37-15-16-38-25)5-10-31(28)45(30)17-14-33-41-43-44-42-33/h2-3,5-8,10,12,15-16,18-20H,4,9,11,13-14,17,21H2,1H3,(H,39,46)(H,41,42,43,44). The summed E-state index contributed by atoms with van der Waals surface area (Å²) in [6, 6.07) is 19.9. The van der Waals surface area contributed by atoms with E-state index in [1.807, 2.05) is 42.5 Å². The maximum atomic E-state index is 13.4. The number of hydrogen-bond acceptors (Lipinski definition) is 9. The topological polar surface area (TPSA) is 136 Å². The fourth-order valence-corrected chi connectivity index (χ4v) is 7.04. The smallest absolute Gasteiger partial charge is 0.251 e. The van der Waals surface area contributed by atoms with Crippen LogP contribution in [-0.4, -0.2) is 53.2 Å². The minimum absolute atomic E-state index is 0.169. The van der Waals surface area contributed by atoms with Crippen LogP contribution in [0.4, 0.5) is 0 Å². The van der Waals surface area contributed by atoms with Gasteiger partial charge in [0.1, 0.15) is 5.75 Å². The lowest BCUT2D eigenvalue weighted by Gasteiger charge is -2.12. The molecular formula is C35H32ClN9O2S. The minimum Gasteiger partial charge on any atom is -0.497 e. The van der Waals surface area contributed by atoms with Crippen molar-refractivity contribution in [2.45, 2.75) is 45.2 Å². The SMILES string of the molecule is COc1ccc2sc(CCc3c(CCc4ccc(Cl)cc4)c4cc(C(=O)NCc5cnccn5)ccc4n3CCc3nn[nH]n3)nc2c1. The monoisotopic (exact) mass is 677 g/mol. The molecule has 0 aliphatic carbocycles. The second-order valence-corrected chi connectivity index (χ2v) is 12.9.